The first-order valence-electron chi connectivity index (χ1n) is 6.28. The van der Waals surface area contributed by atoms with Crippen molar-refractivity contribution in [2.24, 2.45) is 0 Å². The first-order chi connectivity index (χ1) is 9.25. The fourth-order valence-electron chi connectivity index (χ4n) is 2.26. The number of ether oxygens (including phenoxy) is 1. The van der Waals surface area contributed by atoms with Gasteiger partial charge in [-0.25, -0.2) is 4.98 Å². The van der Waals surface area contributed by atoms with E-state index >= 15 is 0 Å². The zero-order valence-corrected chi connectivity index (χ0v) is 10.5. The molecule has 2 heterocycles. The second-order valence-corrected chi connectivity index (χ2v) is 4.52. The molecule has 0 radical (unpaired) electrons. The van der Waals surface area contributed by atoms with Gasteiger partial charge in [0, 0.05) is 18.5 Å². The topological polar surface area (TPSA) is 68.5 Å². The van der Waals surface area contributed by atoms with Crippen LogP contribution >= 0.6 is 0 Å². The summed E-state index contributed by atoms with van der Waals surface area (Å²) < 4.78 is 5.24. The molecule has 19 heavy (non-hydrogen) atoms. The highest BCUT2D eigenvalue weighted by Gasteiger charge is 2.20. The third-order valence-corrected chi connectivity index (χ3v) is 3.29. The number of fused-ring (bicyclic) bond motifs is 1. The first-order valence-corrected chi connectivity index (χ1v) is 6.28. The third-order valence-electron chi connectivity index (χ3n) is 3.29. The summed E-state index contributed by atoms with van der Waals surface area (Å²) in [7, 11) is 0. The van der Waals surface area contributed by atoms with E-state index in [0.717, 1.165) is 10.8 Å². The van der Waals surface area contributed by atoms with E-state index in [1.165, 1.54) is 0 Å². The largest absolute Gasteiger partial charge is 0.383 e. The molecular formula is C14H15N3O2. The van der Waals surface area contributed by atoms with E-state index in [-0.39, 0.29) is 5.91 Å². The number of amides is 1. The molecule has 1 fully saturated rings. The lowest BCUT2D eigenvalue weighted by Crippen LogP contribution is -2.41. The van der Waals surface area contributed by atoms with Gasteiger partial charge in [-0.15, -0.1) is 0 Å². The molecule has 0 atom stereocenters. The van der Waals surface area contributed by atoms with Crippen molar-refractivity contribution in [1.29, 1.82) is 0 Å². The molecule has 5 heteroatoms. The summed E-state index contributed by atoms with van der Waals surface area (Å²) in [5, 5.41) is 1.81. The van der Waals surface area contributed by atoms with E-state index in [2.05, 4.69) is 4.98 Å². The number of nitrogen functional groups attached to an aromatic ring is 1. The fraction of sp³-hybridized carbons (Fsp3) is 0.286. The number of morpholine rings is 1. The monoisotopic (exact) mass is 257 g/mol. The molecule has 5 nitrogen and oxygen atoms in total. The van der Waals surface area contributed by atoms with Gasteiger partial charge in [0.2, 0.25) is 0 Å². The minimum absolute atomic E-state index is 0.0826. The number of rotatable bonds is 1. The molecule has 0 aliphatic carbocycles. The quantitative estimate of drug-likeness (QED) is 0.835. The molecule has 0 unspecified atom stereocenters. The molecule has 1 aromatic carbocycles. The number of nitrogens with zero attached hydrogens (tertiary/aromatic N) is 2. The number of carbonyl (C=O) groups is 1. The summed E-state index contributed by atoms with van der Waals surface area (Å²) in [6.45, 7) is 2.37. The lowest BCUT2D eigenvalue weighted by atomic mass is 10.1. The Morgan fingerprint density at radius 2 is 2.00 bits per heavy atom. The van der Waals surface area contributed by atoms with E-state index in [4.69, 9.17) is 10.5 Å². The summed E-state index contributed by atoms with van der Waals surface area (Å²) in [4.78, 5) is 18.3. The van der Waals surface area contributed by atoms with Gasteiger partial charge in [-0.05, 0) is 11.5 Å². The molecule has 0 spiro atoms. The number of anilines is 1. The smallest absolute Gasteiger partial charge is 0.272 e. The molecule has 1 aliphatic rings. The molecule has 1 saturated heterocycles. The molecule has 98 valence electrons. The Bertz CT molecular complexity index is 621. The molecule has 2 aromatic rings. The van der Waals surface area contributed by atoms with Crippen molar-refractivity contribution >= 4 is 22.5 Å². The lowest BCUT2D eigenvalue weighted by Gasteiger charge is -2.26. The van der Waals surface area contributed by atoms with Crippen LogP contribution in [0.3, 0.4) is 0 Å². The highest BCUT2D eigenvalue weighted by atomic mass is 16.5. The van der Waals surface area contributed by atoms with Gasteiger partial charge in [-0.2, -0.15) is 0 Å². The number of pyridine rings is 1. The van der Waals surface area contributed by atoms with Crippen LogP contribution in [0.1, 0.15) is 10.5 Å². The van der Waals surface area contributed by atoms with E-state index in [9.17, 15) is 4.79 Å². The van der Waals surface area contributed by atoms with Gasteiger partial charge in [0.05, 0.1) is 13.2 Å². The number of aromatic nitrogens is 1. The number of nitrogens with two attached hydrogens (primary N) is 1. The van der Waals surface area contributed by atoms with Crippen LogP contribution in [-0.4, -0.2) is 42.1 Å². The van der Waals surface area contributed by atoms with Crippen LogP contribution in [-0.2, 0) is 4.74 Å². The summed E-state index contributed by atoms with van der Waals surface area (Å²) >= 11 is 0. The minimum Gasteiger partial charge on any atom is -0.383 e. The zero-order valence-electron chi connectivity index (χ0n) is 10.5. The Kier molecular flexibility index (Phi) is 3.05. The van der Waals surface area contributed by atoms with E-state index in [1.54, 1.807) is 11.0 Å². The van der Waals surface area contributed by atoms with E-state index in [1.807, 2.05) is 24.3 Å². The van der Waals surface area contributed by atoms with Crippen LogP contribution in [0.2, 0.25) is 0 Å². The highest BCUT2D eigenvalue weighted by molar-refractivity contribution is 5.99. The van der Waals surface area contributed by atoms with Gasteiger partial charge in [0.15, 0.2) is 0 Å². The van der Waals surface area contributed by atoms with Gasteiger partial charge in [0.1, 0.15) is 11.5 Å². The summed E-state index contributed by atoms with van der Waals surface area (Å²) in [6.07, 6.45) is 0. The maximum Gasteiger partial charge on any atom is 0.272 e. The van der Waals surface area contributed by atoms with Crippen molar-refractivity contribution in [1.82, 2.24) is 9.88 Å². The predicted molar refractivity (Wildman–Crippen MR) is 72.9 cm³/mol. The van der Waals surface area contributed by atoms with Crippen LogP contribution < -0.4 is 5.73 Å². The molecular weight excluding hydrogens is 242 g/mol. The molecule has 3 rings (SSSR count). The number of hydrogen-bond donors (Lipinski definition) is 1. The number of carbonyl (C=O) groups excluding carboxylic acids is 1. The second kappa shape index (κ2) is 4.85. The average Bonchev–Trinajstić information content (AvgIpc) is 2.47. The standard InChI is InChI=1S/C14H15N3O2/c15-13-11-4-2-1-3-10(11)9-12(16-13)14(18)17-5-7-19-8-6-17/h1-4,9H,5-8H2,(H2,15,16). The Hall–Kier alpha value is -2.14. The Balaban J connectivity index is 1.98. The minimum atomic E-state index is -0.0826. The first kappa shape index (κ1) is 11.9. The van der Waals surface area contributed by atoms with Crippen LogP contribution in [0.4, 0.5) is 5.82 Å². The molecule has 2 N–H and O–H groups in total. The van der Waals surface area contributed by atoms with Gasteiger partial charge >= 0.3 is 0 Å². The Morgan fingerprint density at radius 1 is 1.26 bits per heavy atom. The molecule has 0 bridgehead atoms. The van der Waals surface area contributed by atoms with Crippen molar-refractivity contribution in [3.8, 4) is 0 Å². The second-order valence-electron chi connectivity index (χ2n) is 4.52. The maximum atomic E-state index is 12.3. The van der Waals surface area contributed by atoms with Crippen molar-refractivity contribution in [3.05, 3.63) is 36.0 Å². The fourth-order valence-corrected chi connectivity index (χ4v) is 2.26. The van der Waals surface area contributed by atoms with Gasteiger partial charge in [-0.3, -0.25) is 4.79 Å². The SMILES string of the molecule is Nc1nc(C(=O)N2CCOCC2)cc2ccccc12. The van der Waals surface area contributed by atoms with E-state index in [0.29, 0.717) is 37.8 Å². The Morgan fingerprint density at radius 3 is 2.79 bits per heavy atom. The summed E-state index contributed by atoms with van der Waals surface area (Å²) in [5.41, 5.74) is 6.32. The van der Waals surface area contributed by atoms with Crippen molar-refractivity contribution in [2.75, 3.05) is 32.0 Å². The van der Waals surface area contributed by atoms with Crippen molar-refractivity contribution < 1.29 is 9.53 Å². The maximum absolute atomic E-state index is 12.3. The highest BCUT2D eigenvalue weighted by Crippen LogP contribution is 2.20. The van der Waals surface area contributed by atoms with Crippen molar-refractivity contribution in [3.63, 3.8) is 0 Å². The number of hydrogen-bond acceptors (Lipinski definition) is 4. The Labute approximate surface area is 111 Å². The van der Waals surface area contributed by atoms with Gasteiger partial charge < -0.3 is 15.4 Å². The van der Waals surface area contributed by atoms with Crippen LogP contribution in [0.15, 0.2) is 30.3 Å². The van der Waals surface area contributed by atoms with Crippen LogP contribution in [0.5, 0.6) is 0 Å². The molecule has 1 aliphatic heterocycles. The lowest BCUT2D eigenvalue weighted by molar-refractivity contribution is 0.0299. The van der Waals surface area contributed by atoms with Crippen LogP contribution in [0.25, 0.3) is 10.8 Å². The molecule has 1 aromatic heterocycles. The summed E-state index contributed by atoms with van der Waals surface area (Å²) in [6, 6.07) is 9.46. The zero-order chi connectivity index (χ0) is 13.2. The van der Waals surface area contributed by atoms with Gasteiger partial charge in [0.25, 0.3) is 5.91 Å². The van der Waals surface area contributed by atoms with E-state index < -0.39 is 0 Å². The molecule has 1 amide bonds. The predicted octanol–water partition coefficient (Wildman–Crippen LogP) is 1.29. The average molecular weight is 257 g/mol. The van der Waals surface area contributed by atoms with Crippen LogP contribution in [0, 0.1) is 0 Å². The summed E-state index contributed by atoms with van der Waals surface area (Å²) in [5.74, 6) is 0.315. The number of benzene rings is 1. The molecule has 0 saturated carbocycles. The van der Waals surface area contributed by atoms with Crippen molar-refractivity contribution in [2.45, 2.75) is 0 Å². The van der Waals surface area contributed by atoms with Gasteiger partial charge in [-0.1, -0.05) is 24.3 Å². The normalized spacial score (nSPS) is 15.7. The third kappa shape index (κ3) is 2.24.